The number of hydrogen-bond acceptors (Lipinski definition) is 5. The van der Waals surface area contributed by atoms with Crippen LogP contribution in [0.3, 0.4) is 0 Å². The summed E-state index contributed by atoms with van der Waals surface area (Å²) in [6, 6.07) is 6.97. The second kappa shape index (κ2) is 4.97. The highest BCUT2D eigenvalue weighted by atomic mass is 15.5. The summed E-state index contributed by atoms with van der Waals surface area (Å²) < 4.78 is 1.66. The zero-order valence-corrected chi connectivity index (χ0v) is 11.0. The maximum Gasteiger partial charge on any atom is 0.143 e. The molecule has 0 spiro atoms. The predicted octanol–water partition coefficient (Wildman–Crippen LogP) is 1.26. The molecule has 0 radical (unpaired) electrons. The zero-order chi connectivity index (χ0) is 13.2. The SMILES string of the molecule is Cc1ccc(-n2cnnn2)cc1NC1CCC(N)C1. The number of anilines is 1. The van der Waals surface area contributed by atoms with Crippen molar-refractivity contribution in [1.82, 2.24) is 20.2 Å². The van der Waals surface area contributed by atoms with E-state index >= 15 is 0 Å². The Morgan fingerprint density at radius 1 is 1.37 bits per heavy atom. The lowest BCUT2D eigenvalue weighted by Crippen LogP contribution is -2.21. The summed E-state index contributed by atoms with van der Waals surface area (Å²) in [6.45, 7) is 2.10. The Balaban J connectivity index is 1.82. The van der Waals surface area contributed by atoms with Crippen molar-refractivity contribution in [2.75, 3.05) is 5.32 Å². The topological polar surface area (TPSA) is 81.7 Å². The Morgan fingerprint density at radius 3 is 2.95 bits per heavy atom. The molecule has 6 heteroatoms. The molecule has 1 aliphatic carbocycles. The van der Waals surface area contributed by atoms with E-state index in [-0.39, 0.29) is 0 Å². The number of nitrogens with zero attached hydrogens (tertiary/aromatic N) is 4. The fourth-order valence-corrected chi connectivity index (χ4v) is 2.56. The number of aryl methyl sites for hydroxylation is 1. The van der Waals surface area contributed by atoms with Gasteiger partial charge in [0.1, 0.15) is 6.33 Å². The Bertz CT molecular complexity index is 550. The maximum atomic E-state index is 5.95. The summed E-state index contributed by atoms with van der Waals surface area (Å²) in [5.41, 5.74) is 9.26. The van der Waals surface area contributed by atoms with Crippen molar-refractivity contribution in [3.63, 3.8) is 0 Å². The second-order valence-corrected chi connectivity index (χ2v) is 5.17. The van der Waals surface area contributed by atoms with Gasteiger partial charge in [-0.15, -0.1) is 5.10 Å². The molecule has 0 bridgehead atoms. The van der Waals surface area contributed by atoms with E-state index in [1.54, 1.807) is 11.0 Å². The van der Waals surface area contributed by atoms with Gasteiger partial charge >= 0.3 is 0 Å². The second-order valence-electron chi connectivity index (χ2n) is 5.17. The van der Waals surface area contributed by atoms with E-state index in [2.05, 4.69) is 39.9 Å². The third-order valence-electron chi connectivity index (χ3n) is 3.67. The van der Waals surface area contributed by atoms with Gasteiger partial charge in [0.15, 0.2) is 0 Å². The minimum Gasteiger partial charge on any atom is -0.382 e. The molecular weight excluding hydrogens is 240 g/mol. The zero-order valence-electron chi connectivity index (χ0n) is 11.0. The van der Waals surface area contributed by atoms with Crippen LogP contribution in [-0.4, -0.2) is 32.3 Å². The maximum absolute atomic E-state index is 5.95. The lowest BCUT2D eigenvalue weighted by molar-refractivity contribution is 0.687. The molecule has 1 fully saturated rings. The molecule has 2 atom stereocenters. The van der Waals surface area contributed by atoms with Gasteiger partial charge in [-0.05, 0) is 54.3 Å². The highest BCUT2D eigenvalue weighted by molar-refractivity contribution is 5.57. The fraction of sp³-hybridized carbons (Fsp3) is 0.462. The Morgan fingerprint density at radius 2 is 2.26 bits per heavy atom. The number of rotatable bonds is 3. The molecule has 1 aliphatic rings. The third-order valence-corrected chi connectivity index (χ3v) is 3.67. The molecule has 0 aliphatic heterocycles. The molecule has 0 saturated heterocycles. The Labute approximate surface area is 112 Å². The van der Waals surface area contributed by atoms with Crippen LogP contribution in [-0.2, 0) is 0 Å². The molecular formula is C13H18N6. The van der Waals surface area contributed by atoms with Crippen LogP contribution in [0.4, 0.5) is 5.69 Å². The molecule has 1 aromatic heterocycles. The monoisotopic (exact) mass is 258 g/mol. The number of nitrogens with two attached hydrogens (primary N) is 1. The summed E-state index contributed by atoms with van der Waals surface area (Å²) in [5.74, 6) is 0. The van der Waals surface area contributed by atoms with Crippen LogP contribution in [0.1, 0.15) is 24.8 Å². The highest BCUT2D eigenvalue weighted by Crippen LogP contribution is 2.25. The van der Waals surface area contributed by atoms with E-state index in [0.29, 0.717) is 12.1 Å². The normalized spacial score (nSPS) is 22.6. The van der Waals surface area contributed by atoms with Gasteiger partial charge in [0.2, 0.25) is 0 Å². The van der Waals surface area contributed by atoms with Gasteiger partial charge in [-0.25, -0.2) is 4.68 Å². The largest absolute Gasteiger partial charge is 0.382 e. The number of tetrazole rings is 1. The highest BCUT2D eigenvalue weighted by Gasteiger charge is 2.21. The molecule has 19 heavy (non-hydrogen) atoms. The molecule has 1 heterocycles. The lowest BCUT2D eigenvalue weighted by Gasteiger charge is -2.17. The van der Waals surface area contributed by atoms with Crippen LogP contribution in [0.5, 0.6) is 0 Å². The van der Waals surface area contributed by atoms with E-state index in [1.807, 2.05) is 6.07 Å². The van der Waals surface area contributed by atoms with E-state index in [1.165, 1.54) is 5.56 Å². The predicted molar refractivity (Wildman–Crippen MR) is 73.1 cm³/mol. The van der Waals surface area contributed by atoms with E-state index < -0.39 is 0 Å². The summed E-state index contributed by atoms with van der Waals surface area (Å²) in [7, 11) is 0. The minimum absolute atomic E-state index is 0.334. The third kappa shape index (κ3) is 2.58. The van der Waals surface area contributed by atoms with Gasteiger partial charge in [0.05, 0.1) is 5.69 Å². The average Bonchev–Trinajstić information content (AvgIpc) is 3.04. The first kappa shape index (κ1) is 12.1. The Kier molecular flexibility index (Phi) is 3.16. The molecule has 2 aromatic rings. The average molecular weight is 258 g/mol. The van der Waals surface area contributed by atoms with Gasteiger partial charge in [-0.3, -0.25) is 0 Å². The van der Waals surface area contributed by atoms with E-state index in [9.17, 15) is 0 Å². The van der Waals surface area contributed by atoms with Crippen molar-refractivity contribution < 1.29 is 0 Å². The first-order valence-electron chi connectivity index (χ1n) is 6.58. The summed E-state index contributed by atoms with van der Waals surface area (Å²) in [4.78, 5) is 0. The molecule has 6 nitrogen and oxygen atoms in total. The summed E-state index contributed by atoms with van der Waals surface area (Å²) >= 11 is 0. The molecule has 0 amide bonds. The number of nitrogens with one attached hydrogen (secondary N) is 1. The van der Waals surface area contributed by atoms with Crippen LogP contribution < -0.4 is 11.1 Å². The van der Waals surface area contributed by atoms with Crippen molar-refractivity contribution in [2.24, 2.45) is 5.73 Å². The van der Waals surface area contributed by atoms with Crippen LogP contribution in [0, 0.1) is 6.92 Å². The van der Waals surface area contributed by atoms with Gasteiger partial charge in [0.25, 0.3) is 0 Å². The molecule has 1 aromatic carbocycles. The quantitative estimate of drug-likeness (QED) is 0.866. The van der Waals surface area contributed by atoms with E-state index in [0.717, 1.165) is 30.6 Å². The number of aromatic nitrogens is 4. The molecule has 3 rings (SSSR count). The van der Waals surface area contributed by atoms with Crippen LogP contribution in [0.25, 0.3) is 5.69 Å². The van der Waals surface area contributed by atoms with Crippen LogP contribution >= 0.6 is 0 Å². The van der Waals surface area contributed by atoms with Gasteiger partial charge in [-0.2, -0.15) is 0 Å². The van der Waals surface area contributed by atoms with Gasteiger partial charge in [0, 0.05) is 17.8 Å². The smallest absolute Gasteiger partial charge is 0.143 e. The fourth-order valence-electron chi connectivity index (χ4n) is 2.56. The van der Waals surface area contributed by atoms with Crippen LogP contribution in [0.15, 0.2) is 24.5 Å². The molecule has 1 saturated carbocycles. The van der Waals surface area contributed by atoms with Crippen LogP contribution in [0.2, 0.25) is 0 Å². The van der Waals surface area contributed by atoms with Crippen molar-refractivity contribution in [3.8, 4) is 5.69 Å². The lowest BCUT2D eigenvalue weighted by atomic mass is 10.1. The van der Waals surface area contributed by atoms with Crippen molar-refractivity contribution in [1.29, 1.82) is 0 Å². The van der Waals surface area contributed by atoms with Crippen molar-refractivity contribution in [3.05, 3.63) is 30.1 Å². The molecule has 100 valence electrons. The van der Waals surface area contributed by atoms with Crippen molar-refractivity contribution >= 4 is 5.69 Å². The van der Waals surface area contributed by atoms with Gasteiger partial charge in [-0.1, -0.05) is 6.07 Å². The van der Waals surface area contributed by atoms with E-state index in [4.69, 9.17) is 5.73 Å². The molecule has 2 unspecified atom stereocenters. The first-order chi connectivity index (χ1) is 9.22. The minimum atomic E-state index is 0.334. The Hall–Kier alpha value is -1.95. The summed E-state index contributed by atoms with van der Waals surface area (Å²) in [5, 5.41) is 14.8. The van der Waals surface area contributed by atoms with Gasteiger partial charge < -0.3 is 11.1 Å². The number of benzene rings is 1. The standard InChI is InChI=1S/C13H18N6/c1-9-2-5-12(19-8-15-17-18-19)7-13(9)16-11-4-3-10(14)6-11/h2,5,7-8,10-11,16H,3-4,6,14H2,1H3. The number of hydrogen-bond donors (Lipinski definition) is 2. The summed E-state index contributed by atoms with van der Waals surface area (Å²) in [6.07, 6.45) is 4.87. The van der Waals surface area contributed by atoms with Crippen molar-refractivity contribution in [2.45, 2.75) is 38.3 Å². The first-order valence-corrected chi connectivity index (χ1v) is 6.58. The molecule has 3 N–H and O–H groups in total.